The van der Waals surface area contributed by atoms with Gasteiger partial charge in [0.15, 0.2) is 15.0 Å². The number of benzene rings is 1. The predicted molar refractivity (Wildman–Crippen MR) is 101 cm³/mol. The number of hydrogen-bond donors (Lipinski definition) is 1. The van der Waals surface area contributed by atoms with E-state index in [9.17, 15) is 18.0 Å². The van der Waals surface area contributed by atoms with Crippen molar-refractivity contribution in [2.75, 3.05) is 11.1 Å². The predicted octanol–water partition coefficient (Wildman–Crippen LogP) is 3.22. The number of amides is 1. The maximum Gasteiger partial charge on any atom is 0.308 e. The largest absolute Gasteiger partial charge is 0.425 e. The number of aryl methyl sites for hydroxylation is 1. The number of nitrogens with zero attached hydrogens (tertiary/aromatic N) is 1. The SMILES string of the molecule is CCS(=O)(=O)Cc1cnc(NC(=O)c2cc(OC(C)=O)c(Cl)cc2C)s1. The average Bonchev–Trinajstić information content (AvgIpc) is 2.95. The Morgan fingerprint density at radius 1 is 1.35 bits per heavy atom. The minimum atomic E-state index is -3.17. The fourth-order valence-electron chi connectivity index (χ4n) is 2.05. The van der Waals surface area contributed by atoms with Crippen LogP contribution < -0.4 is 10.1 Å². The highest BCUT2D eigenvalue weighted by molar-refractivity contribution is 7.90. The standard InChI is InChI=1S/C16H17ClN2O5S2/c1-4-26(22,23)8-11-7-18-16(25-11)19-15(21)12-6-14(24-10(3)20)13(17)5-9(12)2/h5-7H,4,8H2,1-3H3,(H,18,19,21). The molecule has 0 saturated carbocycles. The smallest absolute Gasteiger partial charge is 0.308 e. The van der Waals surface area contributed by atoms with Gasteiger partial charge in [-0.2, -0.15) is 0 Å². The van der Waals surface area contributed by atoms with Crippen LogP contribution in [0.3, 0.4) is 0 Å². The summed E-state index contributed by atoms with van der Waals surface area (Å²) in [7, 11) is -3.17. The van der Waals surface area contributed by atoms with E-state index in [1.54, 1.807) is 13.8 Å². The lowest BCUT2D eigenvalue weighted by atomic mass is 10.1. The first kappa shape index (κ1) is 20.3. The second-order valence-electron chi connectivity index (χ2n) is 5.45. The van der Waals surface area contributed by atoms with Crippen molar-refractivity contribution < 1.29 is 22.7 Å². The quantitative estimate of drug-likeness (QED) is 0.573. The molecule has 0 aliphatic rings. The topological polar surface area (TPSA) is 102 Å². The molecule has 0 spiro atoms. The number of ether oxygens (including phenoxy) is 1. The zero-order valence-corrected chi connectivity index (χ0v) is 16.7. The van der Waals surface area contributed by atoms with Gasteiger partial charge >= 0.3 is 5.97 Å². The molecule has 1 amide bonds. The van der Waals surface area contributed by atoms with E-state index >= 15 is 0 Å². The fourth-order valence-corrected chi connectivity index (χ4v) is 4.39. The minimum Gasteiger partial charge on any atom is -0.425 e. The number of anilines is 1. The van der Waals surface area contributed by atoms with Gasteiger partial charge in [-0.05, 0) is 24.6 Å². The molecule has 0 atom stereocenters. The van der Waals surface area contributed by atoms with Gasteiger partial charge < -0.3 is 4.74 Å². The molecular formula is C16H17ClN2O5S2. The maximum absolute atomic E-state index is 12.5. The number of hydrogen-bond acceptors (Lipinski definition) is 7. The first-order valence-electron chi connectivity index (χ1n) is 7.56. The van der Waals surface area contributed by atoms with E-state index in [1.165, 1.54) is 25.3 Å². The van der Waals surface area contributed by atoms with Crippen LogP contribution >= 0.6 is 22.9 Å². The van der Waals surface area contributed by atoms with Gasteiger partial charge in [-0.3, -0.25) is 14.9 Å². The molecule has 0 radical (unpaired) electrons. The summed E-state index contributed by atoms with van der Waals surface area (Å²) in [5.74, 6) is -1.01. The van der Waals surface area contributed by atoms with Crippen molar-refractivity contribution in [1.29, 1.82) is 0 Å². The second-order valence-corrected chi connectivity index (χ2v) is 9.33. The molecule has 0 fully saturated rings. The molecular weight excluding hydrogens is 400 g/mol. The molecule has 0 aliphatic heterocycles. The summed E-state index contributed by atoms with van der Waals surface area (Å²) in [5.41, 5.74) is 0.859. The van der Waals surface area contributed by atoms with Crippen molar-refractivity contribution in [1.82, 2.24) is 4.98 Å². The van der Waals surface area contributed by atoms with Gasteiger partial charge in [-0.15, -0.1) is 11.3 Å². The third-order valence-electron chi connectivity index (χ3n) is 3.35. The van der Waals surface area contributed by atoms with Gasteiger partial charge in [0.1, 0.15) is 5.75 Å². The third-order valence-corrected chi connectivity index (χ3v) is 6.37. The summed E-state index contributed by atoms with van der Waals surface area (Å²) >= 11 is 7.10. The van der Waals surface area contributed by atoms with E-state index in [2.05, 4.69) is 10.3 Å². The molecule has 1 N–H and O–H groups in total. The first-order valence-corrected chi connectivity index (χ1v) is 10.6. The van der Waals surface area contributed by atoms with E-state index < -0.39 is 21.7 Å². The Morgan fingerprint density at radius 3 is 2.65 bits per heavy atom. The van der Waals surface area contributed by atoms with Crippen molar-refractivity contribution in [3.63, 3.8) is 0 Å². The summed E-state index contributed by atoms with van der Waals surface area (Å²) in [5, 5.41) is 3.11. The Morgan fingerprint density at radius 2 is 2.04 bits per heavy atom. The zero-order chi connectivity index (χ0) is 19.5. The summed E-state index contributed by atoms with van der Waals surface area (Å²) in [6.45, 7) is 4.50. The Balaban J connectivity index is 2.20. The van der Waals surface area contributed by atoms with Gasteiger partial charge in [-0.1, -0.05) is 18.5 Å². The lowest BCUT2D eigenvalue weighted by molar-refractivity contribution is -0.131. The molecule has 2 rings (SSSR count). The monoisotopic (exact) mass is 416 g/mol. The number of halogens is 1. The molecule has 0 unspecified atom stereocenters. The number of esters is 1. The molecule has 0 bridgehead atoms. The summed E-state index contributed by atoms with van der Waals surface area (Å²) in [4.78, 5) is 28.2. The number of nitrogens with one attached hydrogen (secondary N) is 1. The maximum atomic E-state index is 12.5. The molecule has 1 heterocycles. The number of carbonyl (C=O) groups is 2. The number of rotatable bonds is 6. The minimum absolute atomic E-state index is 0.0372. The fraction of sp³-hybridized carbons (Fsp3) is 0.312. The lowest BCUT2D eigenvalue weighted by Crippen LogP contribution is -2.14. The Labute approximate surface area is 160 Å². The van der Waals surface area contributed by atoms with Gasteiger partial charge in [0.05, 0.1) is 10.8 Å². The summed E-state index contributed by atoms with van der Waals surface area (Å²) in [6.07, 6.45) is 1.42. The first-order chi connectivity index (χ1) is 12.1. The third kappa shape index (κ3) is 5.26. The molecule has 1 aromatic carbocycles. The van der Waals surface area contributed by atoms with Crippen molar-refractivity contribution in [3.8, 4) is 5.75 Å². The van der Waals surface area contributed by atoms with Crippen molar-refractivity contribution in [2.45, 2.75) is 26.5 Å². The Kier molecular flexibility index (Phi) is 6.38. The zero-order valence-electron chi connectivity index (χ0n) is 14.3. The van der Waals surface area contributed by atoms with Crippen molar-refractivity contribution >= 4 is 49.8 Å². The van der Waals surface area contributed by atoms with Crippen LogP contribution in [-0.4, -0.2) is 31.0 Å². The van der Waals surface area contributed by atoms with Gasteiger partial charge in [0, 0.05) is 29.3 Å². The molecule has 140 valence electrons. The van der Waals surface area contributed by atoms with Crippen LogP contribution in [0.15, 0.2) is 18.3 Å². The average molecular weight is 417 g/mol. The number of sulfone groups is 1. The van der Waals surface area contributed by atoms with E-state index in [-0.39, 0.29) is 33.0 Å². The highest BCUT2D eigenvalue weighted by Crippen LogP contribution is 2.29. The molecule has 0 aliphatic carbocycles. The van der Waals surface area contributed by atoms with Crippen LogP contribution in [0.5, 0.6) is 5.75 Å². The number of thiazole rings is 1. The van der Waals surface area contributed by atoms with Crippen LogP contribution in [0, 0.1) is 6.92 Å². The lowest BCUT2D eigenvalue weighted by Gasteiger charge is -2.10. The van der Waals surface area contributed by atoms with Crippen LogP contribution in [0.1, 0.15) is 34.6 Å². The normalized spacial score (nSPS) is 11.2. The van der Waals surface area contributed by atoms with Crippen LogP contribution in [0.25, 0.3) is 0 Å². The van der Waals surface area contributed by atoms with Crippen LogP contribution in [0.4, 0.5) is 5.13 Å². The second kappa shape index (κ2) is 8.15. The molecule has 7 nitrogen and oxygen atoms in total. The Bertz CT molecular complexity index is 954. The van der Waals surface area contributed by atoms with E-state index in [4.69, 9.17) is 16.3 Å². The van der Waals surface area contributed by atoms with E-state index in [1.807, 2.05) is 0 Å². The highest BCUT2D eigenvalue weighted by Gasteiger charge is 2.17. The van der Waals surface area contributed by atoms with E-state index in [0.29, 0.717) is 10.4 Å². The highest BCUT2D eigenvalue weighted by atomic mass is 35.5. The number of carbonyl (C=O) groups excluding carboxylic acids is 2. The van der Waals surface area contributed by atoms with Crippen molar-refractivity contribution in [3.05, 3.63) is 39.4 Å². The van der Waals surface area contributed by atoms with E-state index in [0.717, 1.165) is 11.3 Å². The van der Waals surface area contributed by atoms with Gasteiger partial charge in [-0.25, -0.2) is 13.4 Å². The van der Waals surface area contributed by atoms with Gasteiger partial charge in [0.2, 0.25) is 0 Å². The molecule has 0 saturated heterocycles. The van der Waals surface area contributed by atoms with Crippen molar-refractivity contribution in [2.24, 2.45) is 0 Å². The van der Waals surface area contributed by atoms with Crippen LogP contribution in [0.2, 0.25) is 5.02 Å². The Hall–Kier alpha value is -1.97. The summed E-state index contributed by atoms with van der Waals surface area (Å²) in [6, 6.07) is 2.90. The molecule has 1 aromatic heterocycles. The van der Waals surface area contributed by atoms with Crippen LogP contribution in [-0.2, 0) is 20.4 Å². The molecule has 2 aromatic rings. The molecule has 26 heavy (non-hydrogen) atoms. The summed E-state index contributed by atoms with van der Waals surface area (Å²) < 4.78 is 28.3. The molecule has 10 heteroatoms. The van der Waals surface area contributed by atoms with Gasteiger partial charge in [0.25, 0.3) is 5.91 Å². The number of aromatic nitrogens is 1.